The zero-order chi connectivity index (χ0) is 13.6. The molecule has 0 fully saturated rings. The number of carboxylic acid groups (broad SMARTS) is 1. The second kappa shape index (κ2) is 7.57. The van der Waals surface area contributed by atoms with Gasteiger partial charge in [-0.1, -0.05) is 6.92 Å². The third kappa shape index (κ3) is 5.94. The van der Waals surface area contributed by atoms with Crippen LogP contribution in [0.3, 0.4) is 0 Å². The molecule has 17 heavy (non-hydrogen) atoms. The zero-order valence-electron chi connectivity index (χ0n) is 9.60. The number of aliphatic hydroxyl groups excluding tert-OH is 5. The molecule has 0 aliphatic carbocycles. The fraction of sp³-hybridized carbons (Fsp3) is 0.900. The number of carboxylic acids is 1. The van der Waals surface area contributed by atoms with Gasteiger partial charge >= 0.3 is 5.97 Å². The van der Waals surface area contributed by atoms with Crippen LogP contribution in [0, 0.1) is 0 Å². The fourth-order valence-corrected chi connectivity index (χ4v) is 1.37. The second-order valence-electron chi connectivity index (χ2n) is 4.01. The summed E-state index contributed by atoms with van der Waals surface area (Å²) in [5.41, 5.74) is 0. The van der Waals surface area contributed by atoms with Gasteiger partial charge in [0, 0.05) is 12.8 Å². The van der Waals surface area contributed by atoms with Gasteiger partial charge in [0.15, 0.2) is 6.10 Å². The first kappa shape index (κ1) is 16.3. The molecule has 0 aromatic heterocycles. The topological polar surface area (TPSA) is 138 Å². The predicted molar refractivity (Wildman–Crippen MR) is 57.2 cm³/mol. The van der Waals surface area contributed by atoms with Crippen LogP contribution in [0.5, 0.6) is 0 Å². The predicted octanol–water partition coefficient (Wildman–Crippen LogP) is -1.93. The van der Waals surface area contributed by atoms with E-state index in [1.54, 1.807) is 6.92 Å². The van der Waals surface area contributed by atoms with E-state index >= 15 is 0 Å². The minimum atomic E-state index is -1.72. The number of aliphatic hydroxyl groups is 5. The van der Waals surface area contributed by atoms with Crippen molar-refractivity contribution in [3.8, 4) is 0 Å². The highest BCUT2D eigenvalue weighted by Crippen LogP contribution is 2.12. The second-order valence-corrected chi connectivity index (χ2v) is 4.01. The molecule has 0 aromatic rings. The van der Waals surface area contributed by atoms with Crippen molar-refractivity contribution in [2.24, 2.45) is 0 Å². The Labute approximate surface area is 99.0 Å². The zero-order valence-corrected chi connectivity index (χ0v) is 9.60. The summed E-state index contributed by atoms with van der Waals surface area (Å²) < 4.78 is 0. The fourth-order valence-electron chi connectivity index (χ4n) is 1.37. The first-order valence-corrected chi connectivity index (χ1v) is 5.42. The van der Waals surface area contributed by atoms with Gasteiger partial charge in [0.2, 0.25) is 0 Å². The van der Waals surface area contributed by atoms with E-state index in [1.807, 2.05) is 0 Å². The van der Waals surface area contributed by atoms with E-state index in [1.165, 1.54) is 0 Å². The molecule has 102 valence electrons. The number of rotatable bonds is 8. The summed E-state index contributed by atoms with van der Waals surface area (Å²) in [6, 6.07) is 0. The van der Waals surface area contributed by atoms with Crippen LogP contribution in [0.25, 0.3) is 0 Å². The van der Waals surface area contributed by atoms with E-state index in [2.05, 4.69) is 0 Å². The maximum atomic E-state index is 10.3. The Hall–Kier alpha value is -0.730. The van der Waals surface area contributed by atoms with Crippen molar-refractivity contribution in [1.82, 2.24) is 0 Å². The molecule has 5 unspecified atom stereocenters. The smallest absolute Gasteiger partial charge is 0.332 e. The van der Waals surface area contributed by atoms with Crippen molar-refractivity contribution >= 4 is 5.97 Å². The van der Waals surface area contributed by atoms with E-state index in [0.717, 1.165) is 0 Å². The van der Waals surface area contributed by atoms with Crippen molar-refractivity contribution in [3.05, 3.63) is 0 Å². The summed E-state index contributed by atoms with van der Waals surface area (Å²) in [5.74, 6) is -1.47. The molecular formula is C10H20O7. The maximum Gasteiger partial charge on any atom is 0.332 e. The van der Waals surface area contributed by atoms with E-state index in [9.17, 15) is 25.2 Å². The Kier molecular flexibility index (Phi) is 7.24. The summed E-state index contributed by atoms with van der Waals surface area (Å²) in [4.78, 5) is 10.3. The standard InChI is InChI=1S/C10H20O7/c1-2-6(12)9(15)7(13)3-5(11)4-8(14)10(16)17/h5-9,11-15H,2-4H2,1H3,(H,16,17). The summed E-state index contributed by atoms with van der Waals surface area (Å²) >= 11 is 0. The minimum Gasteiger partial charge on any atom is -0.479 e. The summed E-state index contributed by atoms with van der Waals surface area (Å²) in [7, 11) is 0. The van der Waals surface area contributed by atoms with Gasteiger partial charge in [-0.15, -0.1) is 0 Å². The van der Waals surface area contributed by atoms with Gasteiger partial charge in [-0.3, -0.25) is 0 Å². The first-order chi connectivity index (χ1) is 7.79. The molecule has 0 amide bonds. The van der Waals surface area contributed by atoms with Gasteiger partial charge in [0.25, 0.3) is 0 Å². The number of hydrogen-bond acceptors (Lipinski definition) is 6. The monoisotopic (exact) mass is 252 g/mol. The highest BCUT2D eigenvalue weighted by molar-refractivity contribution is 5.71. The van der Waals surface area contributed by atoms with Crippen molar-refractivity contribution in [3.63, 3.8) is 0 Å². The van der Waals surface area contributed by atoms with Crippen molar-refractivity contribution < 1.29 is 35.4 Å². The van der Waals surface area contributed by atoms with E-state index in [4.69, 9.17) is 10.2 Å². The highest BCUT2D eigenvalue weighted by atomic mass is 16.4. The number of aliphatic carboxylic acids is 1. The lowest BCUT2D eigenvalue weighted by Gasteiger charge is -2.24. The van der Waals surface area contributed by atoms with Gasteiger partial charge in [-0.2, -0.15) is 0 Å². The SMILES string of the molecule is CCC(O)C(O)C(O)CC(O)CC(O)C(=O)O. The van der Waals surface area contributed by atoms with Gasteiger partial charge in [0.1, 0.15) is 6.10 Å². The Morgan fingerprint density at radius 3 is 1.94 bits per heavy atom. The molecule has 7 nitrogen and oxygen atoms in total. The first-order valence-electron chi connectivity index (χ1n) is 5.42. The van der Waals surface area contributed by atoms with Crippen LogP contribution in [0.4, 0.5) is 0 Å². The molecule has 0 aliphatic heterocycles. The molecule has 0 saturated heterocycles. The summed E-state index contributed by atoms with van der Waals surface area (Å²) in [5, 5.41) is 54.8. The molecule has 0 aliphatic rings. The molecule has 0 saturated carbocycles. The third-order valence-corrected chi connectivity index (χ3v) is 2.50. The van der Waals surface area contributed by atoms with Crippen LogP contribution in [0.15, 0.2) is 0 Å². The number of carbonyl (C=O) groups is 1. The van der Waals surface area contributed by atoms with E-state index in [0.29, 0.717) is 0 Å². The Balaban J connectivity index is 4.11. The quantitative estimate of drug-likeness (QED) is 0.295. The lowest BCUT2D eigenvalue weighted by atomic mass is 9.98. The molecule has 5 atom stereocenters. The lowest BCUT2D eigenvalue weighted by molar-refractivity contribution is -0.148. The average Bonchev–Trinajstić information content (AvgIpc) is 2.26. The lowest BCUT2D eigenvalue weighted by Crippen LogP contribution is -2.39. The summed E-state index contributed by atoms with van der Waals surface area (Å²) in [6.45, 7) is 1.62. The normalized spacial score (nSPS) is 20.4. The van der Waals surface area contributed by atoms with E-state index < -0.39 is 42.9 Å². The van der Waals surface area contributed by atoms with Gasteiger partial charge in [-0.25, -0.2) is 4.79 Å². The van der Waals surface area contributed by atoms with Crippen LogP contribution in [-0.2, 0) is 4.79 Å². The van der Waals surface area contributed by atoms with Crippen LogP contribution >= 0.6 is 0 Å². The van der Waals surface area contributed by atoms with Crippen molar-refractivity contribution in [1.29, 1.82) is 0 Å². The third-order valence-electron chi connectivity index (χ3n) is 2.50. The Morgan fingerprint density at radius 1 is 1.00 bits per heavy atom. The Morgan fingerprint density at radius 2 is 1.53 bits per heavy atom. The largest absolute Gasteiger partial charge is 0.479 e. The summed E-state index contributed by atoms with van der Waals surface area (Å²) in [6.07, 6.45) is -7.39. The van der Waals surface area contributed by atoms with Crippen LogP contribution in [-0.4, -0.2) is 67.1 Å². The molecular weight excluding hydrogens is 232 g/mol. The van der Waals surface area contributed by atoms with Gasteiger partial charge in [-0.05, 0) is 6.42 Å². The Bertz CT molecular complexity index is 233. The average molecular weight is 252 g/mol. The molecule has 0 bridgehead atoms. The minimum absolute atomic E-state index is 0.242. The molecule has 7 heteroatoms. The van der Waals surface area contributed by atoms with Crippen LogP contribution < -0.4 is 0 Å². The number of hydrogen-bond donors (Lipinski definition) is 6. The molecule has 0 rings (SSSR count). The highest BCUT2D eigenvalue weighted by Gasteiger charge is 2.27. The van der Waals surface area contributed by atoms with Crippen LogP contribution in [0.1, 0.15) is 26.2 Å². The van der Waals surface area contributed by atoms with Crippen LogP contribution in [0.2, 0.25) is 0 Å². The van der Waals surface area contributed by atoms with Crippen molar-refractivity contribution in [2.75, 3.05) is 0 Å². The van der Waals surface area contributed by atoms with Gasteiger partial charge < -0.3 is 30.6 Å². The molecule has 0 radical (unpaired) electrons. The van der Waals surface area contributed by atoms with Gasteiger partial charge in [0.05, 0.1) is 18.3 Å². The molecule has 6 N–H and O–H groups in total. The molecule has 0 spiro atoms. The van der Waals surface area contributed by atoms with E-state index in [-0.39, 0.29) is 12.8 Å². The molecule has 0 aromatic carbocycles. The molecule has 0 heterocycles. The maximum absolute atomic E-state index is 10.3. The van der Waals surface area contributed by atoms with Crippen molar-refractivity contribution in [2.45, 2.75) is 56.7 Å².